The van der Waals surface area contributed by atoms with Gasteiger partial charge in [0.1, 0.15) is 0 Å². The monoisotopic (exact) mass is 501 g/mol. The van der Waals surface area contributed by atoms with Gasteiger partial charge in [0.25, 0.3) is 0 Å². The Hall–Kier alpha value is -3.53. The van der Waals surface area contributed by atoms with Crippen molar-refractivity contribution in [2.45, 2.75) is 76.0 Å². The van der Waals surface area contributed by atoms with Crippen molar-refractivity contribution in [1.29, 1.82) is 0 Å². The van der Waals surface area contributed by atoms with Gasteiger partial charge in [-0.3, -0.25) is 9.78 Å². The summed E-state index contributed by atoms with van der Waals surface area (Å²) in [6, 6.07) is 4.21. The van der Waals surface area contributed by atoms with Gasteiger partial charge in [0.15, 0.2) is 5.78 Å². The van der Waals surface area contributed by atoms with Gasteiger partial charge in [-0.2, -0.15) is 13.2 Å². The first-order valence-electron chi connectivity index (χ1n) is 12.7. The molecule has 3 nitrogen and oxygen atoms in total. The molecule has 2 aromatic rings. The molecule has 0 unspecified atom stereocenters. The Labute approximate surface area is 214 Å². The number of aromatic nitrogens is 1. The SMILES string of the molecule is C#CC#CC#Cc1c(C(=O)c2ccc(C(F)(F)F)cc2)c(C2CCCC2)nc2c1[C@@H](O)CC1(CCC1)C2. The van der Waals surface area contributed by atoms with Gasteiger partial charge in [-0.25, -0.2) is 0 Å². The number of benzene rings is 1. The Balaban J connectivity index is 1.71. The third-order valence-corrected chi connectivity index (χ3v) is 8.09. The third-order valence-electron chi connectivity index (χ3n) is 8.09. The van der Waals surface area contributed by atoms with Gasteiger partial charge in [0.2, 0.25) is 0 Å². The van der Waals surface area contributed by atoms with E-state index < -0.39 is 23.6 Å². The molecule has 1 aromatic heterocycles. The number of fused-ring (bicyclic) bond motifs is 1. The van der Waals surface area contributed by atoms with Gasteiger partial charge < -0.3 is 5.11 Å². The Morgan fingerprint density at radius 1 is 1.05 bits per heavy atom. The van der Waals surface area contributed by atoms with E-state index in [0.29, 0.717) is 23.2 Å². The second kappa shape index (κ2) is 9.74. The molecular formula is C31H26F3NO2. The van der Waals surface area contributed by atoms with Crippen LogP contribution in [0.4, 0.5) is 13.2 Å². The number of aliphatic hydroxyl groups is 1. The topological polar surface area (TPSA) is 50.2 Å². The van der Waals surface area contributed by atoms with Crippen molar-refractivity contribution in [3.05, 3.63) is 63.5 Å². The number of aliphatic hydroxyl groups excluding tert-OH is 1. The minimum absolute atomic E-state index is 0.0271. The van der Waals surface area contributed by atoms with Crippen LogP contribution in [0.3, 0.4) is 0 Å². The van der Waals surface area contributed by atoms with Gasteiger partial charge in [-0.05, 0) is 79.8 Å². The fourth-order valence-electron chi connectivity index (χ4n) is 6.13. The van der Waals surface area contributed by atoms with Crippen LogP contribution in [0.15, 0.2) is 24.3 Å². The Kier molecular flexibility index (Phi) is 6.61. The number of ketones is 1. The van der Waals surface area contributed by atoms with E-state index in [2.05, 4.69) is 29.6 Å². The van der Waals surface area contributed by atoms with Crippen LogP contribution in [0.25, 0.3) is 0 Å². The number of halogens is 3. The quantitative estimate of drug-likeness (QED) is 0.407. The van der Waals surface area contributed by atoms with Crippen molar-refractivity contribution in [3.63, 3.8) is 0 Å². The van der Waals surface area contributed by atoms with E-state index in [-0.39, 0.29) is 22.5 Å². The van der Waals surface area contributed by atoms with E-state index in [1.165, 1.54) is 12.1 Å². The second-order valence-electron chi connectivity index (χ2n) is 10.4. The first-order chi connectivity index (χ1) is 17.7. The fourth-order valence-corrected chi connectivity index (χ4v) is 6.13. The van der Waals surface area contributed by atoms with Crippen molar-refractivity contribution in [3.8, 4) is 36.0 Å². The molecule has 0 aliphatic heterocycles. The van der Waals surface area contributed by atoms with Crippen LogP contribution in [-0.4, -0.2) is 15.9 Å². The molecule has 2 saturated carbocycles. The van der Waals surface area contributed by atoms with Crippen molar-refractivity contribution >= 4 is 5.78 Å². The Bertz CT molecular complexity index is 1400. The average molecular weight is 502 g/mol. The number of hydrogen-bond donors (Lipinski definition) is 1. The second-order valence-corrected chi connectivity index (χ2v) is 10.4. The van der Waals surface area contributed by atoms with Crippen LogP contribution in [0.2, 0.25) is 0 Å². The summed E-state index contributed by atoms with van der Waals surface area (Å²) in [5.74, 6) is 12.5. The lowest BCUT2D eigenvalue weighted by molar-refractivity contribution is -0.137. The van der Waals surface area contributed by atoms with Crippen LogP contribution in [0, 0.1) is 41.4 Å². The molecule has 1 spiro atoms. The number of pyridine rings is 1. The summed E-state index contributed by atoms with van der Waals surface area (Å²) < 4.78 is 39.4. The highest BCUT2D eigenvalue weighted by Gasteiger charge is 2.45. The number of nitrogens with zero attached hydrogens (tertiary/aromatic N) is 1. The fraction of sp³-hybridized carbons (Fsp3) is 0.419. The van der Waals surface area contributed by atoms with Crippen LogP contribution >= 0.6 is 0 Å². The van der Waals surface area contributed by atoms with Crippen LogP contribution in [-0.2, 0) is 12.6 Å². The standard InChI is InChI=1S/C31H26F3NO2/c1-2-3-4-5-11-23-26-24(18-30(16-8-17-30)19-25(26)36)35-28(20-9-6-7-10-20)27(23)29(37)21-12-14-22(15-13-21)31(32,33)34/h1,12-15,20,25,36H,6-10,16-19H2/t25-/m0/s1. The van der Waals surface area contributed by atoms with E-state index in [1.54, 1.807) is 0 Å². The summed E-state index contributed by atoms with van der Waals surface area (Å²) in [5.41, 5.74) is 1.93. The van der Waals surface area contributed by atoms with E-state index in [0.717, 1.165) is 69.2 Å². The summed E-state index contributed by atoms with van der Waals surface area (Å²) in [5, 5.41) is 11.3. The first-order valence-corrected chi connectivity index (χ1v) is 12.7. The lowest BCUT2D eigenvalue weighted by Crippen LogP contribution is -2.38. The molecule has 0 radical (unpaired) electrons. The number of carbonyl (C=O) groups is 1. The molecule has 3 aliphatic rings. The van der Waals surface area contributed by atoms with Gasteiger partial charge in [-0.1, -0.05) is 37.3 Å². The number of rotatable bonds is 3. The van der Waals surface area contributed by atoms with Crippen LogP contribution in [0.1, 0.15) is 107 Å². The molecule has 1 N–H and O–H groups in total. The molecule has 0 amide bonds. The van der Waals surface area contributed by atoms with E-state index in [4.69, 9.17) is 11.4 Å². The average Bonchev–Trinajstić information content (AvgIpc) is 3.39. The lowest BCUT2D eigenvalue weighted by atomic mass is 9.59. The van der Waals surface area contributed by atoms with Crippen LogP contribution < -0.4 is 0 Å². The molecule has 0 saturated heterocycles. The van der Waals surface area contributed by atoms with Gasteiger partial charge in [0, 0.05) is 28.3 Å². The molecule has 3 aliphatic carbocycles. The van der Waals surface area contributed by atoms with E-state index in [9.17, 15) is 23.1 Å². The molecule has 37 heavy (non-hydrogen) atoms. The number of terminal acetylenes is 1. The molecule has 188 valence electrons. The highest BCUT2D eigenvalue weighted by atomic mass is 19.4. The summed E-state index contributed by atoms with van der Waals surface area (Å²) in [6.45, 7) is 0. The molecule has 1 heterocycles. The summed E-state index contributed by atoms with van der Waals surface area (Å²) in [6.07, 6.45) is 8.13. The van der Waals surface area contributed by atoms with Crippen molar-refractivity contribution in [1.82, 2.24) is 4.98 Å². The summed E-state index contributed by atoms with van der Waals surface area (Å²) >= 11 is 0. The van der Waals surface area contributed by atoms with E-state index in [1.807, 2.05) is 0 Å². The zero-order valence-corrected chi connectivity index (χ0v) is 20.3. The van der Waals surface area contributed by atoms with E-state index >= 15 is 0 Å². The molecule has 1 aromatic carbocycles. The Morgan fingerprint density at radius 2 is 1.76 bits per heavy atom. The minimum atomic E-state index is -4.50. The van der Waals surface area contributed by atoms with Gasteiger partial charge in [0.05, 0.1) is 22.9 Å². The molecule has 2 fully saturated rings. The highest BCUT2D eigenvalue weighted by Crippen LogP contribution is 2.54. The maximum Gasteiger partial charge on any atom is 0.416 e. The van der Waals surface area contributed by atoms with Gasteiger partial charge in [-0.15, -0.1) is 6.42 Å². The highest BCUT2D eigenvalue weighted by molar-refractivity contribution is 6.11. The molecule has 5 rings (SSSR count). The minimum Gasteiger partial charge on any atom is -0.388 e. The molecule has 6 heteroatoms. The van der Waals surface area contributed by atoms with Crippen molar-refractivity contribution in [2.75, 3.05) is 0 Å². The first kappa shape index (κ1) is 25.1. The summed E-state index contributed by atoms with van der Waals surface area (Å²) in [4.78, 5) is 19.0. The number of alkyl halides is 3. The van der Waals surface area contributed by atoms with Gasteiger partial charge >= 0.3 is 6.18 Å². The van der Waals surface area contributed by atoms with Crippen molar-refractivity contribution < 1.29 is 23.1 Å². The normalized spacial score (nSPS) is 20.0. The zero-order valence-electron chi connectivity index (χ0n) is 20.3. The molecule has 1 atom stereocenters. The predicted molar refractivity (Wildman–Crippen MR) is 133 cm³/mol. The summed E-state index contributed by atoms with van der Waals surface area (Å²) in [7, 11) is 0. The largest absolute Gasteiger partial charge is 0.416 e. The predicted octanol–water partition coefficient (Wildman–Crippen LogP) is 6.13. The van der Waals surface area contributed by atoms with Crippen LogP contribution in [0.5, 0.6) is 0 Å². The number of carbonyl (C=O) groups excluding carboxylic acids is 1. The smallest absolute Gasteiger partial charge is 0.388 e. The number of hydrogen-bond acceptors (Lipinski definition) is 3. The maximum atomic E-state index is 13.9. The zero-order chi connectivity index (χ0) is 26.2. The third kappa shape index (κ3) is 4.77. The molecular weight excluding hydrogens is 475 g/mol. The van der Waals surface area contributed by atoms with Crippen molar-refractivity contribution in [2.24, 2.45) is 5.41 Å². The maximum absolute atomic E-state index is 13.9. The molecule has 0 bridgehead atoms. The lowest BCUT2D eigenvalue weighted by Gasteiger charge is -2.47. The Morgan fingerprint density at radius 3 is 2.35 bits per heavy atom.